The molecule has 0 unspecified atom stereocenters. The van der Waals surface area contributed by atoms with Crippen molar-refractivity contribution in [2.24, 2.45) is 0 Å². The Balaban J connectivity index is 2.67. The van der Waals surface area contributed by atoms with Gasteiger partial charge in [-0.05, 0) is 12.1 Å². The van der Waals surface area contributed by atoms with Crippen molar-refractivity contribution in [2.75, 3.05) is 0 Å². The molecule has 1 aromatic carbocycles. The van der Waals surface area contributed by atoms with Crippen LogP contribution in [0.2, 0.25) is 0 Å². The van der Waals surface area contributed by atoms with E-state index in [0.717, 1.165) is 0 Å². The molecule has 2 rings (SSSR count). The molecule has 1 aliphatic rings. The minimum absolute atomic E-state index is 0.229. The van der Waals surface area contributed by atoms with E-state index < -0.39 is 16.9 Å². The number of hydrogen-bond donors (Lipinski definition) is 1. The number of fused-ring (bicyclic) bond motifs is 1. The number of hydrogen-bond acceptors (Lipinski definition) is 3. The number of carbonyl (C=O) groups is 2. The molecule has 0 saturated heterocycles. The van der Waals surface area contributed by atoms with Crippen LogP contribution in [0.4, 0.5) is 0 Å². The molecule has 0 bridgehead atoms. The van der Waals surface area contributed by atoms with Crippen LogP contribution >= 0.6 is 0 Å². The van der Waals surface area contributed by atoms with Crippen LogP contribution in [0.1, 0.15) is 20.7 Å². The summed E-state index contributed by atoms with van der Waals surface area (Å²) in [7, 11) is 0. The van der Waals surface area contributed by atoms with E-state index in [1.54, 1.807) is 12.1 Å². The predicted molar refractivity (Wildman–Crippen MR) is 39.4 cm³/mol. The summed E-state index contributed by atoms with van der Waals surface area (Å²) in [4.78, 5) is 22.1. The predicted octanol–water partition coefficient (Wildman–Crippen LogP) is -0.637. The molecule has 0 atom stereocenters. The second-order valence-corrected chi connectivity index (χ2v) is 2.53. The van der Waals surface area contributed by atoms with Crippen molar-refractivity contribution in [2.45, 2.75) is 0 Å². The third-order valence-electron chi connectivity index (χ3n) is 1.83. The Morgan fingerprint density at radius 1 is 1.00 bits per heavy atom. The van der Waals surface area contributed by atoms with Gasteiger partial charge in [0.05, 0.1) is 11.1 Å². The highest BCUT2D eigenvalue weighted by molar-refractivity contribution is 6.11. The Bertz CT molecular complexity index is 337. The molecular weight excluding hydrogens is 158 g/mol. The average molecular weight is 163 g/mol. The van der Waals surface area contributed by atoms with E-state index in [1.807, 2.05) is 0 Å². The summed E-state index contributed by atoms with van der Waals surface area (Å²) >= 11 is 0. The highest BCUT2D eigenvalue weighted by Gasteiger charge is 2.35. The van der Waals surface area contributed by atoms with Crippen molar-refractivity contribution >= 4 is 11.8 Å². The van der Waals surface area contributed by atoms with Gasteiger partial charge in [-0.3, -0.25) is 0 Å². The monoisotopic (exact) mass is 163 g/mol. The summed E-state index contributed by atoms with van der Waals surface area (Å²) < 4.78 is 0. The molecule has 1 aliphatic heterocycles. The second-order valence-electron chi connectivity index (χ2n) is 2.53. The molecule has 1 N–H and O–H groups in total. The fourth-order valence-corrected chi connectivity index (χ4v) is 1.23. The Labute approximate surface area is 68.0 Å². The molecule has 0 spiro atoms. The number of quaternary nitrogens is 1. The molecule has 2 amide bonds. The molecule has 4 heteroatoms. The fraction of sp³-hybridized carbons (Fsp3) is 0. The van der Waals surface area contributed by atoms with Crippen molar-refractivity contribution in [3.8, 4) is 0 Å². The first-order chi connectivity index (χ1) is 5.72. The number of benzene rings is 1. The van der Waals surface area contributed by atoms with Gasteiger partial charge in [0.2, 0.25) is 0 Å². The van der Waals surface area contributed by atoms with Crippen molar-refractivity contribution in [3.63, 3.8) is 0 Å². The fourth-order valence-electron chi connectivity index (χ4n) is 1.23. The molecule has 12 heavy (non-hydrogen) atoms. The SMILES string of the molecule is O=C1c2ccccc2C(=O)[NH+]1[O-]. The van der Waals surface area contributed by atoms with E-state index in [2.05, 4.69) is 0 Å². The third-order valence-corrected chi connectivity index (χ3v) is 1.83. The number of hydroxylamine groups is 2. The summed E-state index contributed by atoms with van der Waals surface area (Å²) in [6, 6.07) is 6.23. The van der Waals surface area contributed by atoms with Gasteiger partial charge in [-0.2, -0.15) is 0 Å². The van der Waals surface area contributed by atoms with Crippen LogP contribution in [-0.4, -0.2) is 11.8 Å². The van der Waals surface area contributed by atoms with Gasteiger partial charge >= 0.3 is 11.8 Å². The first-order valence-electron chi connectivity index (χ1n) is 3.44. The molecule has 4 nitrogen and oxygen atoms in total. The van der Waals surface area contributed by atoms with Gasteiger partial charge in [0.15, 0.2) is 0 Å². The average Bonchev–Trinajstić information content (AvgIpc) is 2.33. The third kappa shape index (κ3) is 0.731. The minimum Gasteiger partial charge on any atom is -0.619 e. The molecule has 60 valence electrons. The normalized spacial score (nSPS) is 16.8. The number of imide groups is 1. The zero-order chi connectivity index (χ0) is 8.72. The Kier molecular flexibility index (Phi) is 1.33. The van der Waals surface area contributed by atoms with Gasteiger partial charge in [0, 0.05) is 0 Å². The lowest BCUT2D eigenvalue weighted by Gasteiger charge is -2.06. The van der Waals surface area contributed by atoms with Crippen LogP contribution in [-0.2, 0) is 0 Å². The van der Waals surface area contributed by atoms with Gasteiger partial charge in [0.1, 0.15) is 0 Å². The van der Waals surface area contributed by atoms with Gasteiger partial charge in [0.25, 0.3) is 0 Å². The molecule has 0 fully saturated rings. The summed E-state index contributed by atoms with van der Waals surface area (Å²) in [5, 5.41) is 9.94. The van der Waals surface area contributed by atoms with Crippen LogP contribution in [0, 0.1) is 5.21 Å². The van der Waals surface area contributed by atoms with Crippen molar-refractivity contribution in [1.29, 1.82) is 0 Å². The lowest BCUT2D eigenvalue weighted by Crippen LogP contribution is -3.10. The maximum atomic E-state index is 11.0. The van der Waals surface area contributed by atoms with Gasteiger partial charge in [-0.15, -0.1) is 0 Å². The number of carbonyl (C=O) groups excluding carboxylic acids is 2. The number of nitrogens with one attached hydrogen (secondary N) is 1. The van der Waals surface area contributed by atoms with Crippen molar-refractivity contribution < 1.29 is 14.7 Å². The zero-order valence-electron chi connectivity index (χ0n) is 6.03. The lowest BCUT2D eigenvalue weighted by atomic mass is 10.1. The van der Waals surface area contributed by atoms with Gasteiger partial charge in [-0.1, -0.05) is 12.1 Å². The summed E-state index contributed by atoms with van der Waals surface area (Å²) in [6.07, 6.45) is 0. The van der Waals surface area contributed by atoms with E-state index in [4.69, 9.17) is 0 Å². The maximum absolute atomic E-state index is 11.0. The topological polar surface area (TPSA) is 61.6 Å². The summed E-state index contributed by atoms with van der Waals surface area (Å²) in [5.74, 6) is -1.37. The quantitative estimate of drug-likeness (QED) is 0.409. The smallest absolute Gasteiger partial charge is 0.352 e. The van der Waals surface area contributed by atoms with E-state index in [-0.39, 0.29) is 11.1 Å². The van der Waals surface area contributed by atoms with Crippen LogP contribution in [0.25, 0.3) is 0 Å². The van der Waals surface area contributed by atoms with Crippen LogP contribution in [0.5, 0.6) is 0 Å². The molecule has 0 radical (unpaired) electrons. The van der Waals surface area contributed by atoms with Crippen molar-refractivity contribution in [1.82, 2.24) is 0 Å². The van der Waals surface area contributed by atoms with E-state index in [1.165, 1.54) is 12.1 Å². The maximum Gasteiger partial charge on any atom is 0.352 e. The van der Waals surface area contributed by atoms with E-state index >= 15 is 0 Å². The molecular formula is C8H5NO3. The lowest BCUT2D eigenvalue weighted by molar-refractivity contribution is -0.657. The summed E-state index contributed by atoms with van der Waals surface area (Å²) in [6.45, 7) is 0. The van der Waals surface area contributed by atoms with Crippen LogP contribution < -0.4 is 5.06 Å². The number of amides is 2. The molecule has 0 aromatic heterocycles. The minimum atomic E-state index is -0.920. The van der Waals surface area contributed by atoms with E-state index in [0.29, 0.717) is 0 Å². The Morgan fingerprint density at radius 2 is 1.42 bits per heavy atom. The first-order valence-corrected chi connectivity index (χ1v) is 3.44. The number of rotatable bonds is 0. The Hall–Kier alpha value is -1.52. The zero-order valence-corrected chi connectivity index (χ0v) is 6.03. The Morgan fingerprint density at radius 3 is 1.83 bits per heavy atom. The van der Waals surface area contributed by atoms with Gasteiger partial charge < -0.3 is 5.21 Å². The second kappa shape index (κ2) is 2.23. The molecule has 1 aromatic rings. The van der Waals surface area contributed by atoms with E-state index in [9.17, 15) is 14.8 Å². The highest BCUT2D eigenvalue weighted by Crippen LogP contribution is 2.10. The van der Waals surface area contributed by atoms with Crippen LogP contribution in [0.15, 0.2) is 24.3 Å². The molecule has 0 saturated carbocycles. The molecule has 0 aliphatic carbocycles. The highest BCUT2D eigenvalue weighted by atomic mass is 16.5. The first kappa shape index (κ1) is 7.15. The van der Waals surface area contributed by atoms with Crippen molar-refractivity contribution in [3.05, 3.63) is 40.6 Å². The van der Waals surface area contributed by atoms with Crippen LogP contribution in [0.3, 0.4) is 0 Å². The molecule has 1 heterocycles. The standard InChI is InChI=1S/C8H5NO3/c10-7-5-3-1-2-4-6(5)8(11)9(7)12/h1-4,9H. The van der Waals surface area contributed by atoms with Gasteiger partial charge in [-0.25, -0.2) is 14.7 Å². The largest absolute Gasteiger partial charge is 0.619 e. The summed E-state index contributed by atoms with van der Waals surface area (Å²) in [5.41, 5.74) is 0.458.